The van der Waals surface area contributed by atoms with E-state index in [0.717, 1.165) is 10.6 Å². The average Bonchev–Trinajstić information content (AvgIpc) is 3.00. The summed E-state index contributed by atoms with van der Waals surface area (Å²) in [4.78, 5) is 4.22. The summed E-state index contributed by atoms with van der Waals surface area (Å²) in [6.45, 7) is 8.16. The van der Waals surface area contributed by atoms with Gasteiger partial charge in [-0.25, -0.2) is 9.67 Å². The Hall–Kier alpha value is -1.18. The molecule has 1 saturated heterocycles. The maximum atomic E-state index is 5.99. The van der Waals surface area contributed by atoms with Crippen LogP contribution in [0.3, 0.4) is 0 Å². The normalized spacial score (nSPS) is 20.9. The SMILES string of the molecule is CC1(C)OB(c2cnn(-c3nccs3)c2)OC1(C)C. The molecular formula is C12H16BN3O2S. The summed E-state index contributed by atoms with van der Waals surface area (Å²) < 4.78 is 13.7. The molecule has 5 nitrogen and oxygen atoms in total. The lowest BCUT2D eigenvalue weighted by atomic mass is 9.82. The van der Waals surface area contributed by atoms with Gasteiger partial charge in [0.05, 0.1) is 11.2 Å². The van der Waals surface area contributed by atoms with Gasteiger partial charge < -0.3 is 9.31 Å². The molecule has 3 rings (SSSR count). The zero-order valence-electron chi connectivity index (χ0n) is 11.5. The number of hydrogen-bond donors (Lipinski definition) is 0. The Morgan fingerprint density at radius 1 is 1.21 bits per heavy atom. The van der Waals surface area contributed by atoms with Gasteiger partial charge in [-0.1, -0.05) is 0 Å². The second-order valence-corrected chi connectivity index (χ2v) is 6.49. The van der Waals surface area contributed by atoms with Crippen molar-refractivity contribution in [2.45, 2.75) is 38.9 Å². The van der Waals surface area contributed by atoms with E-state index in [2.05, 4.69) is 10.1 Å². The lowest BCUT2D eigenvalue weighted by Gasteiger charge is -2.32. The number of thiazole rings is 1. The van der Waals surface area contributed by atoms with Crippen LogP contribution in [0, 0.1) is 0 Å². The molecule has 2 aromatic heterocycles. The van der Waals surface area contributed by atoms with Gasteiger partial charge >= 0.3 is 7.12 Å². The summed E-state index contributed by atoms with van der Waals surface area (Å²) in [6.07, 6.45) is 5.43. The summed E-state index contributed by atoms with van der Waals surface area (Å²) >= 11 is 1.54. The minimum Gasteiger partial charge on any atom is -0.399 e. The fourth-order valence-electron chi connectivity index (χ4n) is 1.87. The van der Waals surface area contributed by atoms with Crippen molar-refractivity contribution in [3.05, 3.63) is 24.0 Å². The third-order valence-corrected chi connectivity index (χ3v) is 4.50. The van der Waals surface area contributed by atoms with Crippen LogP contribution in [0.4, 0.5) is 0 Å². The van der Waals surface area contributed by atoms with Crippen LogP contribution in [-0.2, 0) is 9.31 Å². The van der Waals surface area contributed by atoms with Crippen molar-refractivity contribution in [1.29, 1.82) is 0 Å². The molecule has 0 radical (unpaired) electrons. The average molecular weight is 277 g/mol. The smallest absolute Gasteiger partial charge is 0.399 e. The maximum Gasteiger partial charge on any atom is 0.498 e. The number of hydrogen-bond acceptors (Lipinski definition) is 5. The van der Waals surface area contributed by atoms with Gasteiger partial charge in [0, 0.05) is 29.4 Å². The number of aromatic nitrogens is 3. The second-order valence-electron chi connectivity index (χ2n) is 5.62. The van der Waals surface area contributed by atoms with Crippen molar-refractivity contribution < 1.29 is 9.31 Å². The van der Waals surface area contributed by atoms with Crippen LogP contribution < -0.4 is 5.46 Å². The Bertz CT molecular complexity index is 564. The van der Waals surface area contributed by atoms with E-state index in [9.17, 15) is 0 Å². The molecule has 0 amide bonds. The molecule has 0 bridgehead atoms. The minimum atomic E-state index is -0.376. The number of rotatable bonds is 2. The van der Waals surface area contributed by atoms with Gasteiger partial charge in [0.2, 0.25) is 5.13 Å². The highest BCUT2D eigenvalue weighted by atomic mass is 32.1. The van der Waals surface area contributed by atoms with Gasteiger partial charge in [0.15, 0.2) is 0 Å². The summed E-state index contributed by atoms with van der Waals surface area (Å²) in [5, 5.41) is 7.06. The van der Waals surface area contributed by atoms with Crippen LogP contribution in [-0.4, -0.2) is 33.1 Å². The highest BCUT2D eigenvalue weighted by Crippen LogP contribution is 2.36. The summed E-state index contributed by atoms with van der Waals surface area (Å²) in [5.41, 5.74) is 0.246. The van der Waals surface area contributed by atoms with Gasteiger partial charge in [0.25, 0.3) is 0 Å². The van der Waals surface area contributed by atoms with Crippen LogP contribution in [0.5, 0.6) is 0 Å². The van der Waals surface area contributed by atoms with Crippen molar-refractivity contribution in [3.8, 4) is 5.13 Å². The van der Waals surface area contributed by atoms with Gasteiger partial charge in [-0.05, 0) is 27.7 Å². The Morgan fingerprint density at radius 3 is 2.47 bits per heavy atom. The first-order valence-corrected chi connectivity index (χ1v) is 7.07. The van der Waals surface area contributed by atoms with Crippen molar-refractivity contribution in [1.82, 2.24) is 14.8 Å². The van der Waals surface area contributed by atoms with Gasteiger partial charge in [-0.3, -0.25) is 0 Å². The van der Waals surface area contributed by atoms with E-state index in [0.29, 0.717) is 0 Å². The third kappa shape index (κ3) is 2.11. The molecule has 1 fully saturated rings. The summed E-state index contributed by atoms with van der Waals surface area (Å²) in [5.74, 6) is 0. The van der Waals surface area contributed by atoms with Gasteiger partial charge in [-0.2, -0.15) is 5.10 Å². The lowest BCUT2D eigenvalue weighted by molar-refractivity contribution is 0.00578. The predicted molar refractivity (Wildman–Crippen MR) is 75.0 cm³/mol. The molecule has 0 unspecified atom stereocenters. The minimum absolute atomic E-state index is 0.332. The van der Waals surface area contributed by atoms with Crippen molar-refractivity contribution in [3.63, 3.8) is 0 Å². The van der Waals surface area contributed by atoms with Crippen LogP contribution >= 0.6 is 11.3 Å². The van der Waals surface area contributed by atoms with E-state index >= 15 is 0 Å². The van der Waals surface area contributed by atoms with Crippen molar-refractivity contribution in [2.75, 3.05) is 0 Å². The predicted octanol–water partition coefficient (Wildman–Crippen LogP) is 1.63. The molecule has 0 aliphatic carbocycles. The van der Waals surface area contributed by atoms with Crippen LogP contribution in [0.2, 0.25) is 0 Å². The first-order valence-electron chi connectivity index (χ1n) is 6.19. The zero-order valence-corrected chi connectivity index (χ0v) is 12.3. The molecule has 100 valence electrons. The van der Waals surface area contributed by atoms with Crippen LogP contribution in [0.25, 0.3) is 5.13 Å². The fraction of sp³-hybridized carbons (Fsp3) is 0.500. The maximum absolute atomic E-state index is 5.99. The first kappa shape index (κ1) is 12.8. The highest BCUT2D eigenvalue weighted by Gasteiger charge is 2.52. The zero-order chi connectivity index (χ0) is 13.7. The second kappa shape index (κ2) is 4.16. The van der Waals surface area contributed by atoms with E-state index in [1.165, 1.54) is 11.3 Å². The van der Waals surface area contributed by atoms with E-state index in [4.69, 9.17) is 9.31 Å². The van der Waals surface area contributed by atoms with Crippen molar-refractivity contribution in [2.24, 2.45) is 0 Å². The standard InChI is InChI=1S/C12H16BN3O2S/c1-11(2)12(3,4)18-13(17-11)9-7-15-16(8-9)10-14-5-6-19-10/h5-8H,1-4H3. The van der Waals surface area contributed by atoms with E-state index in [-0.39, 0.29) is 18.3 Å². The molecule has 1 aliphatic rings. The summed E-state index contributed by atoms with van der Waals surface area (Å²) in [6, 6.07) is 0. The molecular weight excluding hydrogens is 261 g/mol. The number of nitrogens with zero attached hydrogens (tertiary/aromatic N) is 3. The molecule has 19 heavy (non-hydrogen) atoms. The van der Waals surface area contributed by atoms with E-state index in [1.54, 1.807) is 17.1 Å². The molecule has 0 N–H and O–H groups in total. The third-order valence-electron chi connectivity index (χ3n) is 3.74. The van der Waals surface area contributed by atoms with Gasteiger partial charge in [-0.15, -0.1) is 11.3 Å². The molecule has 1 aliphatic heterocycles. The lowest BCUT2D eigenvalue weighted by Crippen LogP contribution is -2.41. The Labute approximate surface area is 116 Å². The largest absolute Gasteiger partial charge is 0.498 e. The highest BCUT2D eigenvalue weighted by molar-refractivity contribution is 7.12. The topological polar surface area (TPSA) is 49.2 Å². The first-order chi connectivity index (χ1) is 8.89. The summed E-state index contributed by atoms with van der Waals surface area (Å²) in [7, 11) is -0.376. The van der Waals surface area contributed by atoms with Gasteiger partial charge in [0.1, 0.15) is 0 Å². The molecule has 7 heteroatoms. The van der Waals surface area contributed by atoms with Crippen molar-refractivity contribution >= 4 is 23.9 Å². The van der Waals surface area contributed by atoms with E-state index in [1.807, 2.05) is 39.3 Å². The molecule has 0 saturated carbocycles. The Kier molecular flexibility index (Phi) is 2.81. The molecule has 0 aromatic carbocycles. The molecule has 2 aromatic rings. The monoisotopic (exact) mass is 277 g/mol. The molecule has 0 spiro atoms. The van der Waals surface area contributed by atoms with E-state index < -0.39 is 0 Å². The Balaban J connectivity index is 1.85. The van der Waals surface area contributed by atoms with Crippen LogP contribution in [0.1, 0.15) is 27.7 Å². The Morgan fingerprint density at radius 2 is 1.89 bits per heavy atom. The molecule has 3 heterocycles. The molecule has 0 atom stereocenters. The fourth-order valence-corrected chi connectivity index (χ4v) is 2.44. The quantitative estimate of drug-likeness (QED) is 0.783. The van der Waals surface area contributed by atoms with Crippen LogP contribution in [0.15, 0.2) is 24.0 Å².